The molecule has 14 heavy (non-hydrogen) atoms. The summed E-state index contributed by atoms with van der Waals surface area (Å²) in [6.07, 6.45) is -6.73. The standard InChI is InChI=1S/C8H12F6/c1-4-6(9,10)7(11,5(2)3)8(12,13)14/h5H,4H2,1-3H3. The van der Waals surface area contributed by atoms with Crippen LogP contribution in [0.4, 0.5) is 26.3 Å². The van der Waals surface area contributed by atoms with E-state index in [1.165, 1.54) is 0 Å². The maximum Gasteiger partial charge on any atom is 0.428 e. The molecule has 0 N–H and O–H groups in total. The van der Waals surface area contributed by atoms with E-state index in [4.69, 9.17) is 0 Å². The summed E-state index contributed by atoms with van der Waals surface area (Å²) in [6.45, 7) is 2.40. The van der Waals surface area contributed by atoms with Crippen molar-refractivity contribution in [3.8, 4) is 0 Å². The van der Waals surface area contributed by atoms with Gasteiger partial charge in [-0.2, -0.15) is 13.2 Å². The molecule has 0 amide bonds. The fourth-order valence-corrected chi connectivity index (χ4v) is 1.21. The molecule has 0 radical (unpaired) electrons. The molecule has 6 heteroatoms. The summed E-state index contributed by atoms with van der Waals surface area (Å²) in [7, 11) is 0. The highest BCUT2D eigenvalue weighted by Gasteiger charge is 2.71. The van der Waals surface area contributed by atoms with Crippen LogP contribution in [0.25, 0.3) is 0 Å². The van der Waals surface area contributed by atoms with Gasteiger partial charge >= 0.3 is 6.18 Å². The molecule has 0 aromatic heterocycles. The Bertz CT molecular complexity index is 194. The number of alkyl halides is 6. The molecule has 0 spiro atoms. The first-order valence-electron chi connectivity index (χ1n) is 4.14. The van der Waals surface area contributed by atoms with E-state index in [-0.39, 0.29) is 0 Å². The zero-order chi connectivity index (χ0) is 11.8. The third-order valence-electron chi connectivity index (χ3n) is 2.18. The van der Waals surface area contributed by atoms with Crippen molar-refractivity contribution in [1.29, 1.82) is 0 Å². The topological polar surface area (TPSA) is 0 Å². The van der Waals surface area contributed by atoms with E-state index in [2.05, 4.69) is 0 Å². The van der Waals surface area contributed by atoms with Gasteiger partial charge in [0.25, 0.3) is 11.6 Å². The SMILES string of the molecule is CCC(F)(F)C(F)(C(C)C)C(F)(F)F. The normalized spacial score (nSPS) is 18.4. The number of halogens is 6. The van der Waals surface area contributed by atoms with Crippen LogP contribution < -0.4 is 0 Å². The second kappa shape index (κ2) is 3.62. The zero-order valence-corrected chi connectivity index (χ0v) is 8.05. The lowest BCUT2D eigenvalue weighted by molar-refractivity contribution is -0.317. The van der Waals surface area contributed by atoms with Crippen LogP contribution >= 0.6 is 0 Å². The highest BCUT2D eigenvalue weighted by atomic mass is 19.4. The maximum atomic E-state index is 13.3. The van der Waals surface area contributed by atoms with E-state index in [0.717, 1.165) is 20.8 Å². The third kappa shape index (κ3) is 1.83. The first-order valence-corrected chi connectivity index (χ1v) is 4.14. The van der Waals surface area contributed by atoms with Crippen molar-refractivity contribution in [1.82, 2.24) is 0 Å². The molecule has 0 bridgehead atoms. The van der Waals surface area contributed by atoms with Gasteiger partial charge in [0.15, 0.2) is 0 Å². The second-order valence-electron chi connectivity index (χ2n) is 3.42. The molecule has 86 valence electrons. The van der Waals surface area contributed by atoms with Gasteiger partial charge in [-0.05, 0) is 0 Å². The minimum atomic E-state index is -5.55. The van der Waals surface area contributed by atoms with Crippen LogP contribution in [0.5, 0.6) is 0 Å². The summed E-state index contributed by atoms with van der Waals surface area (Å²) >= 11 is 0. The van der Waals surface area contributed by atoms with Crippen molar-refractivity contribution in [3.05, 3.63) is 0 Å². The number of rotatable bonds is 3. The van der Waals surface area contributed by atoms with E-state index in [1.807, 2.05) is 0 Å². The smallest absolute Gasteiger partial charge is 0.227 e. The molecule has 0 fully saturated rings. The molecule has 0 aliphatic heterocycles. The van der Waals surface area contributed by atoms with Crippen LogP contribution in [0.1, 0.15) is 27.2 Å². The van der Waals surface area contributed by atoms with Gasteiger partial charge in [-0.15, -0.1) is 0 Å². The van der Waals surface area contributed by atoms with Crippen LogP contribution in [-0.4, -0.2) is 17.8 Å². The molecule has 0 saturated carbocycles. The monoisotopic (exact) mass is 222 g/mol. The van der Waals surface area contributed by atoms with Gasteiger partial charge in [0.05, 0.1) is 0 Å². The average Bonchev–Trinajstić information content (AvgIpc) is 2.00. The Kier molecular flexibility index (Phi) is 3.51. The van der Waals surface area contributed by atoms with E-state index in [0.29, 0.717) is 0 Å². The predicted molar refractivity (Wildman–Crippen MR) is 40.0 cm³/mol. The lowest BCUT2D eigenvalue weighted by atomic mass is 9.84. The van der Waals surface area contributed by atoms with Gasteiger partial charge in [0.1, 0.15) is 0 Å². The minimum absolute atomic E-state index is 0.789. The second-order valence-corrected chi connectivity index (χ2v) is 3.42. The number of hydrogen-bond acceptors (Lipinski definition) is 0. The van der Waals surface area contributed by atoms with Gasteiger partial charge in [-0.3, -0.25) is 0 Å². The fourth-order valence-electron chi connectivity index (χ4n) is 1.21. The molecule has 0 nitrogen and oxygen atoms in total. The van der Waals surface area contributed by atoms with E-state index in [1.54, 1.807) is 0 Å². The summed E-state index contributed by atoms with van der Waals surface area (Å²) in [4.78, 5) is 0. The zero-order valence-electron chi connectivity index (χ0n) is 8.05. The van der Waals surface area contributed by atoms with Crippen molar-refractivity contribution < 1.29 is 26.3 Å². The molecular formula is C8H12F6. The molecule has 1 unspecified atom stereocenters. The quantitative estimate of drug-likeness (QED) is 0.634. The summed E-state index contributed by atoms with van der Waals surface area (Å²) < 4.78 is 75.6. The van der Waals surface area contributed by atoms with Crippen molar-refractivity contribution in [2.45, 2.75) is 45.0 Å². The molecular weight excluding hydrogens is 210 g/mol. The van der Waals surface area contributed by atoms with E-state index in [9.17, 15) is 26.3 Å². The van der Waals surface area contributed by atoms with E-state index >= 15 is 0 Å². The predicted octanol–water partition coefficient (Wildman–Crippen LogP) is 3.96. The molecule has 0 heterocycles. The summed E-state index contributed by atoms with van der Waals surface area (Å²) in [5.74, 6) is -6.21. The average molecular weight is 222 g/mol. The van der Waals surface area contributed by atoms with Gasteiger partial charge in [0.2, 0.25) is 0 Å². The first-order chi connectivity index (χ1) is 6.00. The molecule has 0 saturated heterocycles. The lowest BCUT2D eigenvalue weighted by Crippen LogP contribution is -2.58. The lowest BCUT2D eigenvalue weighted by Gasteiger charge is -2.37. The molecule has 0 aliphatic rings. The van der Waals surface area contributed by atoms with Crippen LogP contribution in [0.3, 0.4) is 0 Å². The maximum absolute atomic E-state index is 13.3. The van der Waals surface area contributed by atoms with Crippen molar-refractivity contribution in [3.63, 3.8) is 0 Å². The Hall–Kier alpha value is -0.420. The summed E-state index contributed by atoms with van der Waals surface area (Å²) in [6, 6.07) is 0. The molecule has 0 aromatic carbocycles. The Morgan fingerprint density at radius 3 is 1.36 bits per heavy atom. The van der Waals surface area contributed by atoms with E-state index < -0.39 is 30.1 Å². The van der Waals surface area contributed by atoms with Crippen molar-refractivity contribution in [2.24, 2.45) is 5.92 Å². The highest BCUT2D eigenvalue weighted by molar-refractivity contribution is 5.01. The molecule has 1 atom stereocenters. The molecule has 0 rings (SSSR count). The Morgan fingerprint density at radius 2 is 1.29 bits per heavy atom. The first kappa shape index (κ1) is 13.6. The Morgan fingerprint density at radius 1 is 0.929 bits per heavy atom. The Labute approximate surface area is 78.3 Å². The largest absolute Gasteiger partial charge is 0.428 e. The Balaban J connectivity index is 5.33. The van der Waals surface area contributed by atoms with Gasteiger partial charge in [-0.25, -0.2) is 13.2 Å². The van der Waals surface area contributed by atoms with Gasteiger partial charge in [-0.1, -0.05) is 20.8 Å². The van der Waals surface area contributed by atoms with Crippen LogP contribution in [-0.2, 0) is 0 Å². The molecule has 0 aliphatic carbocycles. The fraction of sp³-hybridized carbons (Fsp3) is 1.00. The van der Waals surface area contributed by atoms with Crippen LogP contribution in [0.15, 0.2) is 0 Å². The summed E-state index contributed by atoms with van der Waals surface area (Å²) in [5.41, 5.74) is -4.45. The minimum Gasteiger partial charge on any atom is -0.227 e. The number of hydrogen-bond donors (Lipinski definition) is 0. The van der Waals surface area contributed by atoms with Crippen LogP contribution in [0.2, 0.25) is 0 Å². The van der Waals surface area contributed by atoms with Crippen molar-refractivity contribution in [2.75, 3.05) is 0 Å². The van der Waals surface area contributed by atoms with Gasteiger partial charge in [0, 0.05) is 12.3 Å². The third-order valence-corrected chi connectivity index (χ3v) is 2.18. The highest BCUT2D eigenvalue weighted by Crippen LogP contribution is 2.51. The van der Waals surface area contributed by atoms with Crippen molar-refractivity contribution >= 4 is 0 Å². The molecule has 0 aromatic rings. The summed E-state index contributed by atoms with van der Waals surface area (Å²) in [5, 5.41) is 0. The van der Waals surface area contributed by atoms with Crippen LogP contribution in [0, 0.1) is 5.92 Å². The van der Waals surface area contributed by atoms with Gasteiger partial charge < -0.3 is 0 Å².